The third kappa shape index (κ3) is 2.57. The quantitative estimate of drug-likeness (QED) is 0.590. The lowest BCUT2D eigenvalue weighted by Crippen LogP contribution is -3.61. The maximum atomic E-state index is 10.9. The van der Waals surface area contributed by atoms with Crippen molar-refractivity contribution in [3.05, 3.63) is 61.5 Å². The highest BCUT2D eigenvalue weighted by atomic mass is 127. The van der Waals surface area contributed by atoms with Gasteiger partial charge in [0.1, 0.15) is 0 Å². The van der Waals surface area contributed by atoms with Crippen LogP contribution in [0.1, 0.15) is 10.4 Å². The first-order chi connectivity index (χ1) is 7.77. The van der Waals surface area contributed by atoms with E-state index < -0.39 is 27.2 Å². The maximum Gasteiger partial charge on any atom is 0.360 e. The van der Waals surface area contributed by atoms with E-state index in [4.69, 9.17) is 0 Å². The highest BCUT2D eigenvalue weighted by Gasteiger charge is 2.20. The second-order valence-corrected chi connectivity index (χ2v) is 5.98. The summed E-state index contributed by atoms with van der Waals surface area (Å²) in [6.07, 6.45) is 3.09. The molecular weight excluding hydrogens is 317 g/mol. The Labute approximate surface area is 103 Å². The molecule has 4 heteroatoms. The zero-order valence-electron chi connectivity index (χ0n) is 8.26. The van der Waals surface area contributed by atoms with Crippen LogP contribution < -0.4 is 26.3 Å². The van der Waals surface area contributed by atoms with Crippen LogP contribution in [0.3, 0.4) is 0 Å². The summed E-state index contributed by atoms with van der Waals surface area (Å²) in [5.74, 6) is -1.13. The number of halogens is 1. The molecule has 0 saturated carbocycles. The number of aromatic nitrogens is 1. The number of hydrogen-bond acceptors (Lipinski definition) is 3. The zero-order valence-corrected chi connectivity index (χ0v) is 10.4. The number of hydrogen-bond donors (Lipinski definition) is 0. The molecule has 1 heterocycles. The van der Waals surface area contributed by atoms with E-state index in [1.165, 1.54) is 12.3 Å². The van der Waals surface area contributed by atoms with Crippen LogP contribution in [0.5, 0.6) is 0 Å². The van der Waals surface area contributed by atoms with E-state index in [1.54, 1.807) is 6.20 Å². The van der Waals surface area contributed by atoms with E-state index in [1.807, 2.05) is 30.3 Å². The number of carbonyl (C=O) groups is 1. The minimum Gasteiger partial charge on any atom is -0.545 e. The van der Waals surface area contributed by atoms with E-state index in [2.05, 4.69) is 4.98 Å². The van der Waals surface area contributed by atoms with Crippen molar-refractivity contribution in [1.82, 2.24) is 4.98 Å². The van der Waals surface area contributed by atoms with Gasteiger partial charge in [-0.2, -0.15) is 0 Å². The third-order valence-corrected chi connectivity index (χ3v) is 4.72. The molecule has 0 unspecified atom stereocenters. The van der Waals surface area contributed by atoms with Crippen LogP contribution in [-0.2, 0) is 0 Å². The summed E-state index contributed by atoms with van der Waals surface area (Å²) in [5.41, 5.74) is 0.256. The van der Waals surface area contributed by atoms with Crippen molar-refractivity contribution >= 4 is 5.97 Å². The van der Waals surface area contributed by atoms with Crippen molar-refractivity contribution in [2.75, 3.05) is 0 Å². The molecule has 3 nitrogen and oxygen atoms in total. The molecule has 2 aromatic rings. The molecule has 16 heavy (non-hydrogen) atoms. The molecular formula is C12H8INO2. The summed E-state index contributed by atoms with van der Waals surface area (Å²) < 4.78 is 1.95. The van der Waals surface area contributed by atoms with Crippen LogP contribution in [0, 0.1) is 7.14 Å². The number of carboxylic acids is 1. The van der Waals surface area contributed by atoms with E-state index in [9.17, 15) is 9.90 Å². The van der Waals surface area contributed by atoms with Crippen molar-refractivity contribution < 1.29 is 31.1 Å². The molecule has 0 spiro atoms. The fourth-order valence-corrected chi connectivity index (χ4v) is 3.65. The van der Waals surface area contributed by atoms with Crippen molar-refractivity contribution in [1.29, 1.82) is 0 Å². The second-order valence-electron chi connectivity index (χ2n) is 3.03. The molecule has 0 aliphatic rings. The van der Waals surface area contributed by atoms with Gasteiger partial charge in [0.15, 0.2) is 3.57 Å². The molecule has 2 rings (SSSR count). The largest absolute Gasteiger partial charge is 0.545 e. The summed E-state index contributed by atoms with van der Waals surface area (Å²) in [6, 6.07) is 11.3. The van der Waals surface area contributed by atoms with E-state index in [0.717, 1.165) is 7.14 Å². The Morgan fingerprint density at radius 3 is 2.62 bits per heavy atom. The summed E-state index contributed by atoms with van der Waals surface area (Å²) in [4.78, 5) is 14.9. The summed E-state index contributed by atoms with van der Waals surface area (Å²) in [5, 5.41) is 10.9. The Balaban J connectivity index is 2.31. The Hall–Kier alpha value is -1.43. The Bertz CT molecular complexity index is 499. The van der Waals surface area contributed by atoms with Crippen molar-refractivity contribution in [3.63, 3.8) is 0 Å². The standard InChI is InChI=1S/C12H8INO2/c15-12(16)10-6-7-14-8-11(10)13-9-4-2-1-3-5-9/h1-8H. The maximum absolute atomic E-state index is 10.9. The van der Waals surface area contributed by atoms with Gasteiger partial charge in [-0.05, 0) is 18.2 Å². The van der Waals surface area contributed by atoms with Crippen molar-refractivity contribution in [2.45, 2.75) is 0 Å². The first kappa shape index (κ1) is 11.1. The highest BCUT2D eigenvalue weighted by Crippen LogP contribution is 1.93. The Morgan fingerprint density at radius 2 is 1.94 bits per heavy atom. The molecule has 0 N–H and O–H groups in total. The minimum absolute atomic E-state index is 0.256. The van der Waals surface area contributed by atoms with E-state index in [-0.39, 0.29) is 5.56 Å². The molecule has 1 aromatic carbocycles. The molecule has 80 valence electrons. The van der Waals surface area contributed by atoms with Crippen LogP contribution in [0.15, 0.2) is 48.8 Å². The monoisotopic (exact) mass is 325 g/mol. The van der Waals surface area contributed by atoms with Gasteiger partial charge in [0.2, 0.25) is 3.57 Å². The number of aromatic carboxylic acids is 1. The Kier molecular flexibility index (Phi) is 3.51. The van der Waals surface area contributed by atoms with E-state index >= 15 is 0 Å². The number of carbonyl (C=O) groups excluding carboxylic acids is 1. The van der Waals surface area contributed by atoms with Gasteiger partial charge >= 0.3 is 21.2 Å². The van der Waals surface area contributed by atoms with Crippen LogP contribution >= 0.6 is 0 Å². The van der Waals surface area contributed by atoms with Crippen LogP contribution in [0.4, 0.5) is 0 Å². The van der Waals surface area contributed by atoms with Crippen molar-refractivity contribution in [2.24, 2.45) is 0 Å². The number of benzene rings is 1. The van der Waals surface area contributed by atoms with E-state index in [0.29, 0.717) is 0 Å². The molecule has 0 aliphatic heterocycles. The van der Waals surface area contributed by atoms with Gasteiger partial charge in [0.25, 0.3) is 0 Å². The fraction of sp³-hybridized carbons (Fsp3) is 0. The van der Waals surface area contributed by atoms with Crippen LogP contribution in [0.25, 0.3) is 0 Å². The lowest BCUT2D eigenvalue weighted by molar-refractivity contribution is -0.598. The summed E-state index contributed by atoms with van der Waals surface area (Å²) in [6.45, 7) is 0. The number of pyridine rings is 1. The number of nitrogens with zero attached hydrogens (tertiary/aromatic N) is 1. The average molecular weight is 325 g/mol. The molecule has 0 fully saturated rings. The molecule has 0 radical (unpaired) electrons. The van der Waals surface area contributed by atoms with Gasteiger partial charge in [0, 0.05) is 6.20 Å². The lowest BCUT2D eigenvalue weighted by atomic mass is 10.3. The molecule has 0 saturated heterocycles. The predicted octanol–water partition coefficient (Wildman–Crippen LogP) is -2.43. The highest BCUT2D eigenvalue weighted by molar-refractivity contribution is 5.85. The number of rotatable bonds is 3. The van der Waals surface area contributed by atoms with Crippen LogP contribution in [-0.4, -0.2) is 11.0 Å². The predicted molar refractivity (Wildman–Crippen MR) is 52.4 cm³/mol. The van der Waals surface area contributed by atoms with Gasteiger partial charge in [-0.1, -0.05) is 18.2 Å². The van der Waals surface area contributed by atoms with Gasteiger partial charge in [-0.25, -0.2) is 0 Å². The SMILES string of the molecule is O=C([O-])c1ccncc1[I+]c1ccccc1. The van der Waals surface area contributed by atoms with Gasteiger partial charge in [-0.3, -0.25) is 4.98 Å². The molecule has 0 bridgehead atoms. The Morgan fingerprint density at radius 1 is 1.19 bits per heavy atom. The minimum atomic E-state index is -1.13. The lowest BCUT2D eigenvalue weighted by Gasteiger charge is -1.99. The first-order valence-electron chi connectivity index (χ1n) is 4.62. The van der Waals surface area contributed by atoms with Gasteiger partial charge in [0.05, 0.1) is 17.7 Å². The number of carboxylic acid groups (broad SMARTS) is 1. The zero-order chi connectivity index (χ0) is 11.4. The van der Waals surface area contributed by atoms with Crippen LogP contribution in [0.2, 0.25) is 0 Å². The summed E-state index contributed by atoms with van der Waals surface area (Å²) in [7, 11) is 0. The topological polar surface area (TPSA) is 53.0 Å². The fourth-order valence-electron chi connectivity index (χ4n) is 1.21. The smallest absolute Gasteiger partial charge is 0.360 e. The third-order valence-electron chi connectivity index (χ3n) is 1.94. The normalized spacial score (nSPS) is 10.0. The molecule has 0 amide bonds. The molecule has 1 aromatic heterocycles. The molecule has 0 atom stereocenters. The summed E-state index contributed by atoms with van der Waals surface area (Å²) >= 11 is -0.510. The average Bonchev–Trinajstić information content (AvgIpc) is 2.31. The first-order valence-corrected chi connectivity index (χ1v) is 6.78. The van der Waals surface area contributed by atoms with Crippen molar-refractivity contribution in [3.8, 4) is 0 Å². The molecule has 0 aliphatic carbocycles. The second kappa shape index (κ2) is 5.07. The van der Waals surface area contributed by atoms with Gasteiger partial charge < -0.3 is 9.90 Å². The van der Waals surface area contributed by atoms with Gasteiger partial charge in [-0.15, -0.1) is 0 Å².